The number of nitrogens with zero attached hydrogens (tertiary/aromatic N) is 1. The minimum Gasteiger partial charge on any atom is -0.493 e. The smallest absolute Gasteiger partial charge is 0.217 e. The van der Waals surface area contributed by atoms with Gasteiger partial charge in [0.25, 0.3) is 0 Å². The van der Waals surface area contributed by atoms with E-state index in [1.54, 1.807) is 4.31 Å². The average Bonchev–Trinajstić information content (AvgIpc) is 3.08. The van der Waals surface area contributed by atoms with Gasteiger partial charge < -0.3 is 14.2 Å². The van der Waals surface area contributed by atoms with E-state index in [4.69, 9.17) is 14.2 Å². The minimum atomic E-state index is -3.41. The van der Waals surface area contributed by atoms with Gasteiger partial charge in [0.05, 0.1) is 24.5 Å². The highest BCUT2D eigenvalue weighted by atomic mass is 32.2. The third kappa shape index (κ3) is 3.82. The van der Waals surface area contributed by atoms with E-state index in [9.17, 15) is 8.42 Å². The summed E-state index contributed by atoms with van der Waals surface area (Å²) >= 11 is 0. The molecule has 4 rings (SSSR count). The summed E-state index contributed by atoms with van der Waals surface area (Å²) in [6.07, 6.45) is 1.14. The summed E-state index contributed by atoms with van der Waals surface area (Å²) in [6.45, 7) is 7.60. The predicted molar refractivity (Wildman–Crippen MR) is 107 cm³/mol. The lowest BCUT2D eigenvalue weighted by atomic mass is 9.86. The van der Waals surface area contributed by atoms with Crippen molar-refractivity contribution in [1.29, 1.82) is 0 Å². The van der Waals surface area contributed by atoms with Crippen molar-refractivity contribution in [3.05, 3.63) is 29.8 Å². The molecule has 0 unspecified atom stereocenters. The molecule has 0 aromatic heterocycles. The molecule has 3 aliphatic heterocycles. The maximum absolute atomic E-state index is 13.6. The molecule has 1 aromatic rings. The van der Waals surface area contributed by atoms with E-state index in [1.807, 2.05) is 24.3 Å². The molecule has 0 radical (unpaired) electrons. The lowest BCUT2D eigenvalue weighted by Gasteiger charge is -2.36. The van der Waals surface area contributed by atoms with Gasteiger partial charge in [-0.2, -0.15) is 4.31 Å². The Morgan fingerprint density at radius 3 is 2.71 bits per heavy atom. The number of hydrogen-bond acceptors (Lipinski definition) is 5. The van der Waals surface area contributed by atoms with Crippen LogP contribution in [0.2, 0.25) is 0 Å². The van der Waals surface area contributed by atoms with Crippen LogP contribution >= 0.6 is 0 Å². The fourth-order valence-electron chi connectivity index (χ4n) is 4.67. The second-order valence-corrected chi connectivity index (χ2v) is 10.7. The number of fused-ring (bicyclic) bond motifs is 3. The van der Waals surface area contributed by atoms with E-state index in [1.165, 1.54) is 0 Å². The molecule has 0 saturated carbocycles. The lowest BCUT2D eigenvalue weighted by molar-refractivity contribution is 0.0563. The molecule has 3 aliphatic rings. The summed E-state index contributed by atoms with van der Waals surface area (Å²) in [4.78, 5) is 0. The number of rotatable bonds is 6. The van der Waals surface area contributed by atoms with E-state index in [-0.39, 0.29) is 23.1 Å². The molecule has 0 spiro atoms. The Morgan fingerprint density at radius 2 is 1.96 bits per heavy atom. The van der Waals surface area contributed by atoms with Crippen molar-refractivity contribution < 1.29 is 22.6 Å². The Kier molecular flexibility index (Phi) is 5.97. The van der Waals surface area contributed by atoms with Crippen LogP contribution in [0.5, 0.6) is 5.75 Å². The molecule has 0 amide bonds. The van der Waals surface area contributed by atoms with Crippen LogP contribution in [0.1, 0.15) is 38.3 Å². The quantitative estimate of drug-likeness (QED) is 0.723. The summed E-state index contributed by atoms with van der Waals surface area (Å²) in [5.41, 5.74) is 0.987. The zero-order chi connectivity index (χ0) is 19.7. The number of para-hydroxylation sites is 1. The fraction of sp³-hybridized carbons (Fsp3) is 0.714. The van der Waals surface area contributed by atoms with Crippen LogP contribution < -0.4 is 4.74 Å². The third-order valence-corrected chi connectivity index (χ3v) is 8.45. The van der Waals surface area contributed by atoms with Crippen LogP contribution in [-0.4, -0.2) is 57.6 Å². The van der Waals surface area contributed by atoms with Crippen LogP contribution in [0, 0.1) is 17.8 Å². The van der Waals surface area contributed by atoms with E-state index in [0.717, 1.165) is 11.3 Å². The second-order valence-electron chi connectivity index (χ2n) is 8.58. The van der Waals surface area contributed by atoms with E-state index >= 15 is 0 Å². The molecule has 2 saturated heterocycles. The molecule has 2 fully saturated rings. The Morgan fingerprint density at radius 1 is 1.21 bits per heavy atom. The second kappa shape index (κ2) is 8.30. The molecule has 6 nitrogen and oxygen atoms in total. The molecule has 7 heteroatoms. The molecule has 0 bridgehead atoms. The van der Waals surface area contributed by atoms with Gasteiger partial charge in [-0.25, -0.2) is 8.42 Å². The zero-order valence-electron chi connectivity index (χ0n) is 16.7. The van der Waals surface area contributed by atoms with E-state index in [0.29, 0.717) is 58.3 Å². The Balaban J connectivity index is 1.63. The van der Waals surface area contributed by atoms with Gasteiger partial charge in [-0.15, -0.1) is 0 Å². The molecule has 156 valence electrons. The fourth-order valence-corrected chi connectivity index (χ4v) is 6.82. The summed E-state index contributed by atoms with van der Waals surface area (Å²) in [6, 6.07) is 7.69. The maximum atomic E-state index is 13.6. The average molecular weight is 410 g/mol. The van der Waals surface area contributed by atoms with Gasteiger partial charge in [0.15, 0.2) is 0 Å². The number of sulfonamides is 1. The Hall–Kier alpha value is -1.15. The highest BCUT2D eigenvalue weighted by Gasteiger charge is 2.52. The van der Waals surface area contributed by atoms with Gasteiger partial charge in [0.2, 0.25) is 10.0 Å². The van der Waals surface area contributed by atoms with Gasteiger partial charge in [-0.3, -0.25) is 0 Å². The first-order valence-electron chi connectivity index (χ1n) is 10.4. The van der Waals surface area contributed by atoms with Crippen LogP contribution in [0.15, 0.2) is 24.3 Å². The predicted octanol–water partition coefficient (Wildman–Crippen LogP) is 2.85. The van der Waals surface area contributed by atoms with E-state index < -0.39 is 10.0 Å². The van der Waals surface area contributed by atoms with Gasteiger partial charge in [0, 0.05) is 43.8 Å². The van der Waals surface area contributed by atoms with Crippen LogP contribution in [0.4, 0.5) is 0 Å². The number of ether oxygens (including phenoxy) is 3. The van der Waals surface area contributed by atoms with Crippen molar-refractivity contribution in [3.8, 4) is 5.75 Å². The van der Waals surface area contributed by atoms with Crippen LogP contribution in [0.3, 0.4) is 0 Å². The first-order chi connectivity index (χ1) is 13.5. The van der Waals surface area contributed by atoms with Crippen molar-refractivity contribution in [3.63, 3.8) is 0 Å². The standard InChI is InChI=1S/C21H31NO5S/c1-15(2)12-26-13-16-11-22(28(23,24)17-7-9-25-10-8-17)21-18-5-3-4-6-20(18)27-14-19(16)21/h3-6,15-17,19,21H,7-14H2,1-2H3/t16-,19-,21-/m0/s1. The largest absolute Gasteiger partial charge is 0.493 e. The SMILES string of the molecule is CC(C)COC[C@@H]1CN(S(=O)(=O)C2CCOCC2)[C@H]2c3ccccc3OC[C@@H]12. The minimum absolute atomic E-state index is 0.122. The molecule has 0 aliphatic carbocycles. The van der Waals surface area contributed by atoms with Crippen molar-refractivity contribution in [2.45, 2.75) is 38.0 Å². The summed E-state index contributed by atoms with van der Waals surface area (Å²) in [5, 5.41) is -0.354. The Bertz CT molecular complexity index is 775. The first-order valence-corrected chi connectivity index (χ1v) is 11.9. The van der Waals surface area contributed by atoms with Crippen LogP contribution in [0.25, 0.3) is 0 Å². The maximum Gasteiger partial charge on any atom is 0.217 e. The zero-order valence-corrected chi connectivity index (χ0v) is 17.6. The van der Waals surface area contributed by atoms with Crippen molar-refractivity contribution in [1.82, 2.24) is 4.31 Å². The number of benzene rings is 1. The van der Waals surface area contributed by atoms with Crippen molar-refractivity contribution in [2.75, 3.05) is 39.6 Å². The third-order valence-electron chi connectivity index (χ3n) is 6.10. The topological polar surface area (TPSA) is 65.1 Å². The molecular formula is C21H31NO5S. The molecule has 0 N–H and O–H groups in total. The molecule has 3 atom stereocenters. The van der Waals surface area contributed by atoms with Gasteiger partial charge >= 0.3 is 0 Å². The summed E-state index contributed by atoms with van der Waals surface area (Å²) in [5.74, 6) is 1.53. The van der Waals surface area contributed by atoms with E-state index in [2.05, 4.69) is 13.8 Å². The lowest BCUT2D eigenvalue weighted by Crippen LogP contribution is -2.42. The van der Waals surface area contributed by atoms with Gasteiger partial charge in [0.1, 0.15) is 5.75 Å². The Labute approximate surface area is 168 Å². The normalized spacial score (nSPS) is 28.8. The molecular weight excluding hydrogens is 378 g/mol. The summed E-state index contributed by atoms with van der Waals surface area (Å²) < 4.78 is 46.2. The highest BCUT2D eigenvalue weighted by molar-refractivity contribution is 7.89. The highest BCUT2D eigenvalue weighted by Crippen LogP contribution is 2.49. The van der Waals surface area contributed by atoms with Crippen molar-refractivity contribution >= 4 is 10.0 Å². The van der Waals surface area contributed by atoms with Gasteiger partial charge in [-0.1, -0.05) is 32.0 Å². The first kappa shape index (κ1) is 20.1. The summed E-state index contributed by atoms with van der Waals surface area (Å²) in [7, 11) is -3.41. The van der Waals surface area contributed by atoms with Gasteiger partial charge in [-0.05, 0) is 24.8 Å². The van der Waals surface area contributed by atoms with Crippen molar-refractivity contribution in [2.24, 2.45) is 17.8 Å². The molecule has 1 aromatic carbocycles. The monoisotopic (exact) mass is 409 g/mol. The molecule has 3 heterocycles. The molecule has 28 heavy (non-hydrogen) atoms. The van der Waals surface area contributed by atoms with Crippen LogP contribution in [-0.2, 0) is 19.5 Å². The number of hydrogen-bond donors (Lipinski definition) is 0.